The van der Waals surface area contributed by atoms with Gasteiger partial charge in [-0.05, 0) is 25.2 Å². The van der Waals surface area contributed by atoms with Gasteiger partial charge in [-0.15, -0.1) is 10.2 Å². The lowest BCUT2D eigenvalue weighted by Crippen LogP contribution is -2.24. The van der Waals surface area contributed by atoms with Crippen molar-refractivity contribution in [2.45, 2.75) is 59.2 Å². The third-order valence-corrected chi connectivity index (χ3v) is 4.26. The maximum Gasteiger partial charge on any atom is 0.273 e. The van der Waals surface area contributed by atoms with Gasteiger partial charge >= 0.3 is 0 Å². The molecular weight excluding hydrogens is 264 g/mol. The molecule has 0 aromatic carbocycles. The van der Waals surface area contributed by atoms with E-state index in [1.165, 1.54) is 0 Å². The van der Waals surface area contributed by atoms with Crippen LogP contribution < -0.4 is 5.14 Å². The van der Waals surface area contributed by atoms with Crippen molar-refractivity contribution < 1.29 is 8.42 Å². The minimum absolute atomic E-state index is 0.0505. The molecule has 0 saturated carbocycles. The zero-order chi connectivity index (χ0) is 15.0. The Bertz CT molecular complexity index is 541. The molecule has 0 radical (unpaired) electrons. The van der Waals surface area contributed by atoms with Crippen LogP contribution in [0.1, 0.15) is 53.4 Å². The van der Waals surface area contributed by atoms with Crippen molar-refractivity contribution in [3.63, 3.8) is 0 Å². The molecule has 2 N–H and O–H groups in total. The molecule has 0 spiro atoms. The standard InChI is InChI=1S/C12H24N4O2S/c1-8(2)16-10(7-9(3)12(4,5)6)14-15-11(16)19(13,17)18/h8-9H,7H2,1-6H3,(H2,13,17,18). The monoisotopic (exact) mass is 288 g/mol. The molecule has 0 aliphatic rings. The molecule has 1 aromatic heterocycles. The summed E-state index contributed by atoms with van der Waals surface area (Å²) in [6.07, 6.45) is 0.671. The van der Waals surface area contributed by atoms with Gasteiger partial charge in [0.05, 0.1) is 0 Å². The molecule has 0 amide bonds. The molecule has 1 atom stereocenters. The van der Waals surface area contributed by atoms with E-state index >= 15 is 0 Å². The molecule has 0 aliphatic heterocycles. The Labute approximate surface area is 115 Å². The normalized spacial score (nSPS) is 14.9. The second-order valence-corrected chi connectivity index (χ2v) is 7.83. The van der Waals surface area contributed by atoms with E-state index < -0.39 is 10.0 Å². The van der Waals surface area contributed by atoms with Crippen molar-refractivity contribution in [1.29, 1.82) is 0 Å². The quantitative estimate of drug-likeness (QED) is 0.913. The number of primary sulfonamides is 1. The summed E-state index contributed by atoms with van der Waals surface area (Å²) in [5.74, 6) is 1.02. The van der Waals surface area contributed by atoms with Crippen molar-refractivity contribution >= 4 is 10.0 Å². The summed E-state index contributed by atoms with van der Waals surface area (Å²) in [4.78, 5) is 0. The average molecular weight is 288 g/mol. The Balaban J connectivity index is 3.21. The highest BCUT2D eigenvalue weighted by atomic mass is 32.2. The largest absolute Gasteiger partial charge is 0.298 e. The van der Waals surface area contributed by atoms with Crippen LogP contribution in [0, 0.1) is 11.3 Å². The minimum atomic E-state index is -3.84. The summed E-state index contributed by atoms with van der Waals surface area (Å²) >= 11 is 0. The van der Waals surface area contributed by atoms with E-state index in [9.17, 15) is 8.42 Å². The van der Waals surface area contributed by atoms with E-state index in [-0.39, 0.29) is 16.6 Å². The first-order valence-electron chi connectivity index (χ1n) is 6.41. The van der Waals surface area contributed by atoms with Gasteiger partial charge in [0.15, 0.2) is 0 Å². The van der Waals surface area contributed by atoms with Gasteiger partial charge in [-0.3, -0.25) is 4.57 Å². The van der Waals surface area contributed by atoms with E-state index in [4.69, 9.17) is 5.14 Å². The van der Waals surface area contributed by atoms with Crippen molar-refractivity contribution in [1.82, 2.24) is 14.8 Å². The van der Waals surface area contributed by atoms with Crippen molar-refractivity contribution in [2.24, 2.45) is 16.5 Å². The fourth-order valence-corrected chi connectivity index (χ4v) is 2.48. The lowest BCUT2D eigenvalue weighted by atomic mass is 9.80. The number of hydrogen-bond acceptors (Lipinski definition) is 4. The zero-order valence-corrected chi connectivity index (χ0v) is 13.3. The Hall–Kier alpha value is -0.950. The van der Waals surface area contributed by atoms with E-state index in [1.54, 1.807) is 4.57 Å². The third kappa shape index (κ3) is 3.76. The Morgan fingerprint density at radius 2 is 1.74 bits per heavy atom. The van der Waals surface area contributed by atoms with Crippen LogP contribution in [0.5, 0.6) is 0 Å². The fourth-order valence-electron chi connectivity index (χ4n) is 1.74. The predicted molar refractivity (Wildman–Crippen MR) is 74.1 cm³/mol. The summed E-state index contributed by atoms with van der Waals surface area (Å²) in [5.41, 5.74) is 0.121. The maximum atomic E-state index is 11.5. The highest BCUT2D eigenvalue weighted by Crippen LogP contribution is 2.29. The van der Waals surface area contributed by atoms with Crippen molar-refractivity contribution in [3.05, 3.63) is 5.82 Å². The van der Waals surface area contributed by atoms with Gasteiger partial charge in [0.25, 0.3) is 15.2 Å². The maximum absolute atomic E-state index is 11.5. The van der Waals surface area contributed by atoms with Gasteiger partial charge in [-0.25, -0.2) is 13.6 Å². The van der Waals surface area contributed by atoms with Gasteiger partial charge in [0, 0.05) is 12.5 Å². The predicted octanol–water partition coefficient (Wildman–Crippen LogP) is 1.73. The molecular formula is C12H24N4O2S. The second-order valence-electron chi connectivity index (χ2n) is 6.38. The van der Waals surface area contributed by atoms with Gasteiger partial charge in [0.1, 0.15) is 5.82 Å². The first kappa shape index (κ1) is 16.1. The van der Waals surface area contributed by atoms with Crippen LogP contribution in [0.15, 0.2) is 5.16 Å². The van der Waals surface area contributed by atoms with Gasteiger partial charge in [0.2, 0.25) is 0 Å². The minimum Gasteiger partial charge on any atom is -0.298 e. The lowest BCUT2D eigenvalue weighted by molar-refractivity contribution is 0.253. The molecule has 1 rings (SSSR count). The van der Waals surface area contributed by atoms with Crippen molar-refractivity contribution in [3.8, 4) is 0 Å². The van der Waals surface area contributed by atoms with Crippen LogP contribution in [-0.2, 0) is 16.4 Å². The molecule has 6 nitrogen and oxygen atoms in total. The Kier molecular flexibility index (Phi) is 4.41. The van der Waals surface area contributed by atoms with Gasteiger partial charge < -0.3 is 0 Å². The number of sulfonamides is 1. The summed E-state index contributed by atoms with van der Waals surface area (Å²) in [6.45, 7) is 12.3. The molecule has 110 valence electrons. The van der Waals surface area contributed by atoms with Gasteiger partial charge in [-0.2, -0.15) is 0 Å². The third-order valence-electron chi connectivity index (χ3n) is 3.47. The summed E-state index contributed by atoms with van der Waals surface area (Å²) in [7, 11) is -3.84. The average Bonchev–Trinajstić information content (AvgIpc) is 2.59. The van der Waals surface area contributed by atoms with E-state index in [0.717, 1.165) is 0 Å². The highest BCUT2D eigenvalue weighted by molar-refractivity contribution is 7.89. The number of aromatic nitrogens is 3. The van der Waals surface area contributed by atoms with Crippen LogP contribution in [0.3, 0.4) is 0 Å². The molecule has 19 heavy (non-hydrogen) atoms. The first-order valence-corrected chi connectivity index (χ1v) is 7.95. The van der Waals surface area contributed by atoms with Crippen LogP contribution in [0.2, 0.25) is 0 Å². The van der Waals surface area contributed by atoms with Crippen LogP contribution >= 0.6 is 0 Å². The molecule has 1 heterocycles. The zero-order valence-electron chi connectivity index (χ0n) is 12.5. The van der Waals surface area contributed by atoms with Crippen molar-refractivity contribution in [2.75, 3.05) is 0 Å². The van der Waals surface area contributed by atoms with Gasteiger partial charge in [-0.1, -0.05) is 27.7 Å². The molecule has 7 heteroatoms. The lowest BCUT2D eigenvalue weighted by Gasteiger charge is -2.27. The Morgan fingerprint density at radius 1 is 1.21 bits per heavy atom. The summed E-state index contributed by atoms with van der Waals surface area (Å²) in [6, 6.07) is -0.0505. The first-order chi connectivity index (χ1) is 8.44. The number of nitrogens with two attached hydrogens (primary N) is 1. The van der Waals surface area contributed by atoms with Crippen LogP contribution in [0.4, 0.5) is 0 Å². The number of rotatable bonds is 4. The molecule has 0 bridgehead atoms. The topological polar surface area (TPSA) is 90.9 Å². The molecule has 0 saturated heterocycles. The SMILES string of the molecule is CC(C)n1c(CC(C)C(C)(C)C)nnc1S(N)(=O)=O. The van der Waals surface area contributed by atoms with E-state index in [1.807, 2.05) is 13.8 Å². The Morgan fingerprint density at radius 3 is 2.11 bits per heavy atom. The molecule has 1 aromatic rings. The molecule has 0 fully saturated rings. The van der Waals surface area contributed by atoms with Crippen LogP contribution in [0.25, 0.3) is 0 Å². The number of nitrogens with zero attached hydrogens (tertiary/aromatic N) is 3. The molecule has 1 unspecified atom stereocenters. The smallest absolute Gasteiger partial charge is 0.273 e. The second kappa shape index (κ2) is 5.20. The summed E-state index contributed by atoms with van der Waals surface area (Å²) in [5, 5.41) is 12.8. The van der Waals surface area contributed by atoms with Crippen LogP contribution in [-0.4, -0.2) is 23.2 Å². The fraction of sp³-hybridized carbons (Fsp3) is 0.833. The number of hydrogen-bond donors (Lipinski definition) is 1. The van der Waals surface area contributed by atoms with E-state index in [0.29, 0.717) is 18.2 Å². The molecule has 0 aliphatic carbocycles. The van der Waals surface area contributed by atoms with E-state index in [2.05, 4.69) is 37.9 Å². The highest BCUT2D eigenvalue weighted by Gasteiger charge is 2.27. The summed E-state index contributed by atoms with van der Waals surface area (Å²) < 4.78 is 24.6.